The van der Waals surface area contributed by atoms with Crippen molar-refractivity contribution in [3.05, 3.63) is 66.2 Å². The second-order valence-electron chi connectivity index (χ2n) is 6.76. The smallest absolute Gasteiger partial charge is 0.261 e. The summed E-state index contributed by atoms with van der Waals surface area (Å²) in [4.78, 5) is 12.7. The molecule has 32 heavy (non-hydrogen) atoms. The maximum absolute atomic E-state index is 12.9. The van der Waals surface area contributed by atoms with Gasteiger partial charge in [0.05, 0.1) is 24.8 Å². The summed E-state index contributed by atoms with van der Waals surface area (Å²) in [5, 5.41) is 2.72. The number of benzene rings is 3. The Kier molecular flexibility index (Phi) is 5.78. The molecule has 1 aliphatic rings. The highest BCUT2D eigenvalue weighted by molar-refractivity contribution is 7.92. The molecule has 0 spiro atoms. The summed E-state index contributed by atoms with van der Waals surface area (Å²) < 4.78 is 49.1. The van der Waals surface area contributed by atoms with Gasteiger partial charge in [-0.2, -0.15) is 0 Å². The van der Waals surface area contributed by atoms with Crippen molar-refractivity contribution in [3.8, 4) is 23.0 Å². The lowest BCUT2D eigenvalue weighted by Gasteiger charge is -2.12. The molecule has 0 radical (unpaired) electrons. The van der Waals surface area contributed by atoms with Crippen LogP contribution in [0.25, 0.3) is 0 Å². The summed E-state index contributed by atoms with van der Waals surface area (Å²) in [5.41, 5.74) is 0.922. The predicted octanol–water partition coefficient (Wildman–Crippen LogP) is 3.49. The summed E-state index contributed by atoms with van der Waals surface area (Å²) >= 11 is 0. The van der Waals surface area contributed by atoms with E-state index in [1.807, 2.05) is 0 Å². The molecule has 0 aliphatic carbocycles. The van der Waals surface area contributed by atoms with Gasteiger partial charge in [-0.1, -0.05) is 6.07 Å². The Morgan fingerprint density at radius 3 is 2.31 bits per heavy atom. The van der Waals surface area contributed by atoms with Gasteiger partial charge in [0.1, 0.15) is 11.5 Å². The molecule has 3 aromatic carbocycles. The van der Waals surface area contributed by atoms with E-state index in [-0.39, 0.29) is 17.3 Å². The predicted molar refractivity (Wildman–Crippen MR) is 117 cm³/mol. The number of nitrogens with one attached hydrogen (secondary N) is 2. The van der Waals surface area contributed by atoms with Gasteiger partial charge in [-0.25, -0.2) is 8.42 Å². The Hall–Kier alpha value is -3.92. The van der Waals surface area contributed by atoms with Gasteiger partial charge in [-0.05, 0) is 30.3 Å². The van der Waals surface area contributed by atoms with Crippen molar-refractivity contribution in [1.82, 2.24) is 0 Å². The molecule has 10 heteroatoms. The maximum Gasteiger partial charge on any atom is 0.261 e. The van der Waals surface area contributed by atoms with Gasteiger partial charge in [-0.3, -0.25) is 9.52 Å². The average molecular weight is 456 g/mol. The van der Waals surface area contributed by atoms with Crippen LogP contribution in [0, 0.1) is 0 Å². The molecule has 0 aromatic heterocycles. The molecule has 9 nitrogen and oxygen atoms in total. The van der Waals surface area contributed by atoms with E-state index in [2.05, 4.69) is 10.0 Å². The van der Waals surface area contributed by atoms with E-state index in [4.69, 9.17) is 18.9 Å². The van der Waals surface area contributed by atoms with E-state index < -0.39 is 15.9 Å². The molecule has 0 saturated carbocycles. The molecule has 4 rings (SSSR count). The summed E-state index contributed by atoms with van der Waals surface area (Å²) in [7, 11) is -0.944. The van der Waals surface area contributed by atoms with Crippen LogP contribution in [0.4, 0.5) is 11.4 Å². The van der Waals surface area contributed by atoms with Gasteiger partial charge in [0, 0.05) is 35.5 Å². The Morgan fingerprint density at radius 2 is 1.59 bits per heavy atom. The van der Waals surface area contributed by atoms with Crippen LogP contribution < -0.4 is 29.0 Å². The summed E-state index contributed by atoms with van der Waals surface area (Å²) in [5.74, 6) is 1.51. The number of fused-ring (bicyclic) bond motifs is 1. The highest BCUT2D eigenvalue weighted by atomic mass is 32.2. The normalized spacial score (nSPS) is 12.2. The highest BCUT2D eigenvalue weighted by Gasteiger charge is 2.19. The number of anilines is 2. The van der Waals surface area contributed by atoms with E-state index in [0.29, 0.717) is 34.4 Å². The first-order valence-electron chi connectivity index (χ1n) is 9.45. The molecule has 0 unspecified atom stereocenters. The van der Waals surface area contributed by atoms with Crippen LogP contribution in [0.2, 0.25) is 0 Å². The number of carbonyl (C=O) groups excluding carboxylic acids is 1. The molecule has 3 aromatic rings. The maximum atomic E-state index is 12.9. The van der Waals surface area contributed by atoms with Crippen LogP contribution in [0.5, 0.6) is 23.0 Å². The monoisotopic (exact) mass is 456 g/mol. The summed E-state index contributed by atoms with van der Waals surface area (Å²) in [6.45, 7) is 0.0852. The fourth-order valence-corrected chi connectivity index (χ4v) is 4.16. The molecule has 0 saturated heterocycles. The fourth-order valence-electron chi connectivity index (χ4n) is 3.06. The third-order valence-corrected chi connectivity index (χ3v) is 6.02. The number of methoxy groups -OCH3 is 2. The van der Waals surface area contributed by atoms with E-state index in [1.165, 1.54) is 44.6 Å². The minimum Gasteiger partial charge on any atom is -0.497 e. The summed E-state index contributed by atoms with van der Waals surface area (Å²) in [6, 6.07) is 15.4. The second-order valence-corrected chi connectivity index (χ2v) is 8.44. The van der Waals surface area contributed by atoms with Gasteiger partial charge in [0.15, 0.2) is 11.5 Å². The van der Waals surface area contributed by atoms with Gasteiger partial charge in [0.2, 0.25) is 6.79 Å². The van der Waals surface area contributed by atoms with Gasteiger partial charge in [0.25, 0.3) is 15.9 Å². The molecular weight excluding hydrogens is 436 g/mol. The molecule has 0 fully saturated rings. The highest BCUT2D eigenvalue weighted by Crippen LogP contribution is 2.35. The van der Waals surface area contributed by atoms with E-state index in [9.17, 15) is 13.2 Å². The first kappa shape index (κ1) is 21.3. The van der Waals surface area contributed by atoms with E-state index in [1.54, 1.807) is 30.3 Å². The minimum atomic E-state index is -3.95. The lowest BCUT2D eigenvalue weighted by Crippen LogP contribution is -2.16. The molecule has 1 heterocycles. The number of ether oxygens (including phenoxy) is 4. The molecule has 1 aliphatic heterocycles. The van der Waals surface area contributed by atoms with Crippen LogP contribution >= 0.6 is 0 Å². The van der Waals surface area contributed by atoms with Crippen LogP contribution in [-0.2, 0) is 10.0 Å². The largest absolute Gasteiger partial charge is 0.497 e. The standard InChI is InChI=1S/C22H20N2O7S/c1-28-17-9-16(10-18(12-17)29-2)23-22(25)14-4-3-5-19(8-14)32(26,27)24-15-6-7-20-21(11-15)31-13-30-20/h3-12,24H,13H2,1-2H3,(H,23,25). The first-order valence-corrected chi connectivity index (χ1v) is 10.9. The number of amides is 1. The molecule has 0 atom stereocenters. The minimum absolute atomic E-state index is 0.0639. The van der Waals surface area contributed by atoms with Crippen molar-refractivity contribution < 1.29 is 32.2 Å². The first-order chi connectivity index (χ1) is 15.4. The lowest BCUT2D eigenvalue weighted by atomic mass is 10.2. The molecular formula is C22H20N2O7S. The SMILES string of the molecule is COc1cc(NC(=O)c2cccc(S(=O)(=O)Nc3ccc4c(c3)OCO4)c2)cc(OC)c1. The van der Waals surface area contributed by atoms with Crippen LogP contribution in [0.1, 0.15) is 10.4 Å². The Bertz CT molecular complexity index is 1250. The number of carbonyl (C=O) groups is 1. The van der Waals surface area contributed by atoms with Crippen LogP contribution in [0.15, 0.2) is 65.6 Å². The summed E-state index contributed by atoms with van der Waals surface area (Å²) in [6.07, 6.45) is 0. The van der Waals surface area contributed by atoms with Crippen molar-refractivity contribution in [3.63, 3.8) is 0 Å². The zero-order chi connectivity index (χ0) is 22.7. The van der Waals surface area contributed by atoms with Gasteiger partial charge < -0.3 is 24.3 Å². The number of rotatable bonds is 7. The zero-order valence-electron chi connectivity index (χ0n) is 17.2. The van der Waals surface area contributed by atoms with E-state index >= 15 is 0 Å². The molecule has 2 N–H and O–H groups in total. The fraction of sp³-hybridized carbons (Fsp3) is 0.136. The van der Waals surface area contributed by atoms with Crippen molar-refractivity contribution in [1.29, 1.82) is 0 Å². The van der Waals surface area contributed by atoms with Crippen LogP contribution in [-0.4, -0.2) is 35.3 Å². The second kappa shape index (κ2) is 8.67. The topological polar surface area (TPSA) is 112 Å². The Morgan fingerprint density at radius 1 is 0.875 bits per heavy atom. The van der Waals surface area contributed by atoms with Crippen molar-refractivity contribution in [2.75, 3.05) is 31.1 Å². The van der Waals surface area contributed by atoms with Crippen molar-refractivity contribution >= 4 is 27.3 Å². The average Bonchev–Trinajstić information content (AvgIpc) is 3.26. The van der Waals surface area contributed by atoms with Crippen molar-refractivity contribution in [2.45, 2.75) is 4.90 Å². The zero-order valence-corrected chi connectivity index (χ0v) is 18.1. The quantitative estimate of drug-likeness (QED) is 0.560. The number of hydrogen-bond donors (Lipinski definition) is 2. The Balaban J connectivity index is 1.54. The van der Waals surface area contributed by atoms with Crippen LogP contribution in [0.3, 0.4) is 0 Å². The molecule has 166 valence electrons. The Labute approximate surface area is 184 Å². The van der Waals surface area contributed by atoms with E-state index in [0.717, 1.165) is 0 Å². The third-order valence-electron chi connectivity index (χ3n) is 4.64. The lowest BCUT2D eigenvalue weighted by molar-refractivity contribution is 0.102. The van der Waals surface area contributed by atoms with Crippen molar-refractivity contribution in [2.24, 2.45) is 0 Å². The third kappa shape index (κ3) is 4.54. The number of sulfonamides is 1. The molecule has 0 bridgehead atoms. The van der Waals surface area contributed by atoms with Gasteiger partial charge >= 0.3 is 0 Å². The number of hydrogen-bond acceptors (Lipinski definition) is 7. The van der Waals surface area contributed by atoms with Gasteiger partial charge in [-0.15, -0.1) is 0 Å². The molecule has 1 amide bonds.